The topological polar surface area (TPSA) is 21.3 Å². The smallest absolute Gasteiger partial charge is 0.144 e. The van der Waals surface area contributed by atoms with Gasteiger partial charge in [-0.2, -0.15) is 0 Å². The zero-order chi connectivity index (χ0) is 14.1. The molecule has 2 nitrogen and oxygen atoms in total. The largest absolute Gasteiger partial charge is 0.481 e. The summed E-state index contributed by atoms with van der Waals surface area (Å²) in [7, 11) is 0. The zero-order valence-corrected chi connectivity index (χ0v) is 12.3. The van der Waals surface area contributed by atoms with Gasteiger partial charge in [-0.25, -0.2) is 0 Å². The third-order valence-electron chi connectivity index (χ3n) is 3.89. The summed E-state index contributed by atoms with van der Waals surface area (Å²) >= 11 is 0. The first-order valence-corrected chi connectivity index (χ1v) is 7.24. The van der Waals surface area contributed by atoms with Crippen molar-refractivity contribution in [3.05, 3.63) is 59.7 Å². The highest BCUT2D eigenvalue weighted by Gasteiger charge is 2.32. The van der Waals surface area contributed by atoms with Crippen molar-refractivity contribution >= 4 is 5.69 Å². The van der Waals surface area contributed by atoms with E-state index in [0.29, 0.717) is 5.92 Å². The number of aryl methyl sites for hydroxylation is 1. The van der Waals surface area contributed by atoms with E-state index in [1.54, 1.807) is 0 Å². The first-order valence-electron chi connectivity index (χ1n) is 7.24. The van der Waals surface area contributed by atoms with Gasteiger partial charge in [-0.15, -0.1) is 0 Å². The maximum atomic E-state index is 6.31. The van der Waals surface area contributed by atoms with Gasteiger partial charge in [0, 0.05) is 0 Å². The van der Waals surface area contributed by atoms with E-state index in [1.165, 1.54) is 11.1 Å². The van der Waals surface area contributed by atoms with Gasteiger partial charge < -0.3 is 10.1 Å². The Labute approximate surface area is 120 Å². The number of fused-ring (bicyclic) bond motifs is 1. The number of nitrogens with one attached hydrogen (secondary N) is 1. The van der Waals surface area contributed by atoms with Gasteiger partial charge >= 0.3 is 0 Å². The average Bonchev–Trinajstić information content (AvgIpc) is 2.46. The minimum absolute atomic E-state index is 0.0606. The van der Waals surface area contributed by atoms with Crippen molar-refractivity contribution in [1.29, 1.82) is 0 Å². The molecular weight excluding hydrogens is 246 g/mol. The Morgan fingerprint density at radius 3 is 2.50 bits per heavy atom. The molecule has 2 heteroatoms. The molecule has 0 fully saturated rings. The predicted octanol–water partition coefficient (Wildman–Crippen LogP) is 4.57. The zero-order valence-electron chi connectivity index (χ0n) is 12.3. The Morgan fingerprint density at radius 2 is 1.80 bits per heavy atom. The highest BCUT2D eigenvalue weighted by Crippen LogP contribution is 2.39. The van der Waals surface area contributed by atoms with E-state index in [2.05, 4.69) is 68.6 Å². The van der Waals surface area contributed by atoms with E-state index >= 15 is 0 Å². The first kappa shape index (κ1) is 13.0. The van der Waals surface area contributed by atoms with Crippen LogP contribution < -0.4 is 10.1 Å². The number of rotatable bonds is 2. The highest BCUT2D eigenvalue weighted by atomic mass is 16.5. The lowest BCUT2D eigenvalue weighted by Crippen LogP contribution is -2.39. The third kappa shape index (κ3) is 2.38. The van der Waals surface area contributed by atoms with Crippen LogP contribution in [0.1, 0.15) is 31.1 Å². The molecule has 0 bridgehead atoms. The van der Waals surface area contributed by atoms with E-state index in [0.717, 1.165) is 11.4 Å². The molecule has 1 aliphatic heterocycles. The summed E-state index contributed by atoms with van der Waals surface area (Å²) in [6, 6.07) is 17.1. The van der Waals surface area contributed by atoms with Crippen molar-refractivity contribution in [2.24, 2.45) is 5.92 Å². The highest BCUT2D eigenvalue weighted by molar-refractivity contribution is 5.60. The summed E-state index contributed by atoms with van der Waals surface area (Å²) in [5.41, 5.74) is 3.55. The van der Waals surface area contributed by atoms with Crippen LogP contribution in [0.3, 0.4) is 0 Å². The second kappa shape index (κ2) is 5.20. The number of hydrogen-bond acceptors (Lipinski definition) is 2. The standard InChI is InChI=1S/C18H21NO/c1-12(2)17-18(14-7-5-4-6-8-14)20-16-11-13(3)9-10-15(16)19-17/h4-12,17-19H,1-3H3. The normalized spacial score (nSPS) is 21.0. The molecule has 2 atom stereocenters. The molecule has 1 aliphatic rings. The van der Waals surface area contributed by atoms with E-state index in [9.17, 15) is 0 Å². The fourth-order valence-corrected chi connectivity index (χ4v) is 2.75. The molecule has 0 saturated carbocycles. The molecule has 0 aliphatic carbocycles. The molecule has 0 aromatic heterocycles. The summed E-state index contributed by atoms with van der Waals surface area (Å²) in [6.07, 6.45) is 0.0606. The van der Waals surface area contributed by atoms with Crippen LogP contribution in [0.15, 0.2) is 48.5 Å². The van der Waals surface area contributed by atoms with Crippen LogP contribution in [0.2, 0.25) is 0 Å². The van der Waals surface area contributed by atoms with Crippen molar-refractivity contribution < 1.29 is 4.74 Å². The van der Waals surface area contributed by atoms with Crippen LogP contribution >= 0.6 is 0 Å². The monoisotopic (exact) mass is 267 g/mol. The maximum absolute atomic E-state index is 6.31. The average molecular weight is 267 g/mol. The Bertz CT molecular complexity index is 592. The molecule has 0 radical (unpaired) electrons. The minimum atomic E-state index is 0.0606. The minimum Gasteiger partial charge on any atom is -0.481 e. The second-order valence-corrected chi connectivity index (χ2v) is 5.86. The molecular formula is C18H21NO. The van der Waals surface area contributed by atoms with E-state index in [1.807, 2.05) is 6.07 Å². The SMILES string of the molecule is Cc1ccc2c(c1)OC(c1ccccc1)C(C(C)C)N2. The van der Waals surface area contributed by atoms with Gasteiger partial charge in [-0.05, 0) is 36.1 Å². The van der Waals surface area contributed by atoms with E-state index in [-0.39, 0.29) is 12.1 Å². The van der Waals surface area contributed by atoms with Crippen LogP contribution in [0.4, 0.5) is 5.69 Å². The van der Waals surface area contributed by atoms with Crippen LogP contribution in [0, 0.1) is 12.8 Å². The molecule has 104 valence electrons. The first-order chi connectivity index (χ1) is 9.65. The molecule has 3 rings (SSSR count). The molecule has 2 aromatic carbocycles. The van der Waals surface area contributed by atoms with Crippen molar-refractivity contribution in [3.63, 3.8) is 0 Å². The lowest BCUT2D eigenvalue weighted by Gasteiger charge is -2.37. The number of anilines is 1. The summed E-state index contributed by atoms with van der Waals surface area (Å²) < 4.78 is 6.31. The van der Waals surface area contributed by atoms with Gasteiger partial charge in [0.05, 0.1) is 11.7 Å². The molecule has 1 heterocycles. The van der Waals surface area contributed by atoms with Crippen LogP contribution in [0.5, 0.6) is 5.75 Å². The second-order valence-electron chi connectivity index (χ2n) is 5.86. The van der Waals surface area contributed by atoms with E-state index in [4.69, 9.17) is 4.74 Å². The summed E-state index contributed by atoms with van der Waals surface area (Å²) in [4.78, 5) is 0. The molecule has 2 aromatic rings. The molecule has 2 unspecified atom stereocenters. The lowest BCUT2D eigenvalue weighted by atomic mass is 9.91. The molecule has 0 saturated heterocycles. The third-order valence-corrected chi connectivity index (χ3v) is 3.89. The number of ether oxygens (including phenoxy) is 1. The fraction of sp³-hybridized carbons (Fsp3) is 0.333. The van der Waals surface area contributed by atoms with Crippen LogP contribution in [-0.2, 0) is 0 Å². The Hall–Kier alpha value is -1.96. The fourth-order valence-electron chi connectivity index (χ4n) is 2.75. The van der Waals surface area contributed by atoms with Gasteiger partial charge in [-0.1, -0.05) is 50.2 Å². The summed E-state index contributed by atoms with van der Waals surface area (Å²) in [5.74, 6) is 1.45. The van der Waals surface area contributed by atoms with Crippen LogP contribution in [-0.4, -0.2) is 6.04 Å². The van der Waals surface area contributed by atoms with Gasteiger partial charge in [0.25, 0.3) is 0 Å². The van der Waals surface area contributed by atoms with Crippen molar-refractivity contribution in [1.82, 2.24) is 0 Å². The number of hydrogen-bond donors (Lipinski definition) is 1. The lowest BCUT2D eigenvalue weighted by molar-refractivity contribution is 0.149. The molecule has 1 N–H and O–H groups in total. The molecule has 0 spiro atoms. The molecule has 20 heavy (non-hydrogen) atoms. The Kier molecular flexibility index (Phi) is 3.39. The predicted molar refractivity (Wildman–Crippen MR) is 83.2 cm³/mol. The van der Waals surface area contributed by atoms with Crippen molar-refractivity contribution in [3.8, 4) is 5.75 Å². The Morgan fingerprint density at radius 1 is 1.05 bits per heavy atom. The summed E-state index contributed by atoms with van der Waals surface area (Å²) in [6.45, 7) is 6.56. The number of benzene rings is 2. The Balaban J connectivity index is 2.00. The quantitative estimate of drug-likeness (QED) is 0.861. The van der Waals surface area contributed by atoms with Gasteiger partial charge in [0.15, 0.2) is 0 Å². The maximum Gasteiger partial charge on any atom is 0.144 e. The van der Waals surface area contributed by atoms with Crippen molar-refractivity contribution in [2.45, 2.75) is 32.9 Å². The molecule has 0 amide bonds. The summed E-state index contributed by atoms with van der Waals surface area (Å²) in [5, 5.41) is 3.65. The van der Waals surface area contributed by atoms with E-state index < -0.39 is 0 Å². The van der Waals surface area contributed by atoms with Gasteiger partial charge in [0.2, 0.25) is 0 Å². The van der Waals surface area contributed by atoms with Gasteiger partial charge in [-0.3, -0.25) is 0 Å². The van der Waals surface area contributed by atoms with Gasteiger partial charge in [0.1, 0.15) is 11.9 Å². The van der Waals surface area contributed by atoms with Crippen LogP contribution in [0.25, 0.3) is 0 Å². The van der Waals surface area contributed by atoms with Crippen molar-refractivity contribution in [2.75, 3.05) is 5.32 Å².